The molecule has 3 N–H and O–H groups in total. The van der Waals surface area contributed by atoms with Crippen molar-refractivity contribution in [2.45, 2.75) is 50.7 Å². The fraction of sp³-hybridized carbons (Fsp3) is 0.625. The van der Waals surface area contributed by atoms with Crippen LogP contribution in [0.1, 0.15) is 50.2 Å². The van der Waals surface area contributed by atoms with Gasteiger partial charge in [0.2, 0.25) is 0 Å². The number of hydrogen-bond acceptors (Lipinski definition) is 3. The predicted molar refractivity (Wildman–Crippen MR) is 79.9 cm³/mol. The molecule has 0 aromatic heterocycles. The number of aliphatic hydroxyl groups excluding tert-OH is 1. The first-order valence-corrected chi connectivity index (χ1v) is 7.40. The number of rotatable bonds is 5. The van der Waals surface area contributed by atoms with Gasteiger partial charge in [-0.2, -0.15) is 0 Å². The van der Waals surface area contributed by atoms with E-state index < -0.39 is 6.10 Å². The lowest BCUT2D eigenvalue weighted by Crippen LogP contribution is -2.34. The summed E-state index contributed by atoms with van der Waals surface area (Å²) in [6, 6.07) is 8.28. The lowest BCUT2D eigenvalue weighted by molar-refractivity contribution is 0.125. The van der Waals surface area contributed by atoms with Crippen LogP contribution >= 0.6 is 0 Å². The van der Waals surface area contributed by atoms with Crippen LogP contribution in [0.15, 0.2) is 24.3 Å². The second-order valence-corrected chi connectivity index (χ2v) is 5.75. The van der Waals surface area contributed by atoms with E-state index >= 15 is 0 Å². The predicted octanol–water partition coefficient (Wildman–Crippen LogP) is 2.96. The van der Waals surface area contributed by atoms with Crippen LogP contribution < -0.4 is 5.73 Å². The van der Waals surface area contributed by atoms with Crippen molar-refractivity contribution in [1.82, 2.24) is 4.90 Å². The van der Waals surface area contributed by atoms with Crippen LogP contribution in [0.5, 0.6) is 0 Å². The van der Waals surface area contributed by atoms with E-state index in [0.29, 0.717) is 6.04 Å². The Morgan fingerprint density at radius 2 is 2.05 bits per heavy atom. The SMILES string of the molecule is CN(CCC(O)c1cccc(N)c1)C1CCCCC1. The maximum Gasteiger partial charge on any atom is 0.0803 e. The molecule has 1 aromatic carbocycles. The normalized spacial score (nSPS) is 18.7. The molecule has 2 rings (SSSR count). The van der Waals surface area contributed by atoms with Gasteiger partial charge in [-0.3, -0.25) is 0 Å². The minimum absolute atomic E-state index is 0.408. The Balaban J connectivity index is 1.80. The van der Waals surface area contributed by atoms with Crippen LogP contribution in [-0.4, -0.2) is 29.6 Å². The van der Waals surface area contributed by atoms with Gasteiger partial charge in [-0.1, -0.05) is 31.4 Å². The Hall–Kier alpha value is -1.06. The van der Waals surface area contributed by atoms with Gasteiger partial charge in [-0.05, 0) is 44.0 Å². The molecule has 0 spiro atoms. The van der Waals surface area contributed by atoms with Crippen molar-refractivity contribution >= 4 is 5.69 Å². The van der Waals surface area contributed by atoms with Gasteiger partial charge in [-0.15, -0.1) is 0 Å². The van der Waals surface area contributed by atoms with Gasteiger partial charge >= 0.3 is 0 Å². The van der Waals surface area contributed by atoms with Crippen molar-refractivity contribution in [2.75, 3.05) is 19.3 Å². The summed E-state index contributed by atoms with van der Waals surface area (Å²) in [4.78, 5) is 2.41. The van der Waals surface area contributed by atoms with Crippen molar-refractivity contribution in [1.29, 1.82) is 0 Å². The van der Waals surface area contributed by atoms with E-state index in [9.17, 15) is 5.11 Å². The molecule has 106 valence electrons. The summed E-state index contributed by atoms with van der Waals surface area (Å²) in [5.41, 5.74) is 7.40. The van der Waals surface area contributed by atoms with E-state index in [4.69, 9.17) is 5.73 Å². The van der Waals surface area contributed by atoms with Crippen LogP contribution in [-0.2, 0) is 0 Å². The second kappa shape index (κ2) is 6.92. The monoisotopic (exact) mass is 262 g/mol. The summed E-state index contributed by atoms with van der Waals surface area (Å²) < 4.78 is 0. The van der Waals surface area contributed by atoms with E-state index in [-0.39, 0.29) is 0 Å². The summed E-state index contributed by atoms with van der Waals surface area (Å²) in [5, 5.41) is 10.2. The fourth-order valence-electron chi connectivity index (χ4n) is 2.96. The zero-order valence-corrected chi connectivity index (χ0v) is 11.9. The molecule has 1 aliphatic carbocycles. The maximum absolute atomic E-state index is 10.2. The molecule has 1 aromatic rings. The van der Waals surface area contributed by atoms with Crippen molar-refractivity contribution < 1.29 is 5.11 Å². The van der Waals surface area contributed by atoms with Crippen LogP contribution in [0.25, 0.3) is 0 Å². The van der Waals surface area contributed by atoms with Gasteiger partial charge in [0, 0.05) is 18.3 Å². The Labute approximate surface area is 116 Å². The third-order valence-electron chi connectivity index (χ3n) is 4.25. The summed E-state index contributed by atoms with van der Waals surface area (Å²) in [7, 11) is 2.18. The summed E-state index contributed by atoms with van der Waals surface area (Å²) in [6.07, 6.45) is 7.08. The zero-order valence-electron chi connectivity index (χ0n) is 11.9. The van der Waals surface area contributed by atoms with Crippen molar-refractivity contribution in [3.05, 3.63) is 29.8 Å². The molecule has 19 heavy (non-hydrogen) atoms. The highest BCUT2D eigenvalue weighted by Gasteiger charge is 2.18. The molecule has 0 amide bonds. The zero-order chi connectivity index (χ0) is 13.7. The molecular formula is C16H26N2O. The number of anilines is 1. The topological polar surface area (TPSA) is 49.5 Å². The highest BCUT2D eigenvalue weighted by molar-refractivity contribution is 5.41. The number of benzene rings is 1. The summed E-state index contributed by atoms with van der Waals surface area (Å²) in [6.45, 7) is 0.945. The summed E-state index contributed by atoms with van der Waals surface area (Å²) in [5.74, 6) is 0. The maximum atomic E-state index is 10.2. The Morgan fingerprint density at radius 1 is 1.32 bits per heavy atom. The van der Waals surface area contributed by atoms with Crippen LogP contribution in [0.3, 0.4) is 0 Å². The van der Waals surface area contributed by atoms with E-state index in [1.54, 1.807) is 0 Å². The molecule has 0 aliphatic heterocycles. The molecule has 1 aliphatic rings. The molecule has 3 nitrogen and oxygen atoms in total. The smallest absolute Gasteiger partial charge is 0.0803 e. The molecule has 1 saturated carbocycles. The lowest BCUT2D eigenvalue weighted by atomic mass is 9.94. The molecule has 0 heterocycles. The van der Waals surface area contributed by atoms with E-state index in [0.717, 1.165) is 24.2 Å². The molecular weight excluding hydrogens is 236 g/mol. The van der Waals surface area contributed by atoms with Crippen LogP contribution in [0.2, 0.25) is 0 Å². The minimum atomic E-state index is -0.408. The molecule has 1 fully saturated rings. The van der Waals surface area contributed by atoms with E-state index in [1.165, 1.54) is 32.1 Å². The van der Waals surface area contributed by atoms with Gasteiger partial charge in [0.05, 0.1) is 6.10 Å². The van der Waals surface area contributed by atoms with Gasteiger partial charge in [-0.25, -0.2) is 0 Å². The molecule has 0 bridgehead atoms. The van der Waals surface area contributed by atoms with Gasteiger partial charge in [0.25, 0.3) is 0 Å². The number of nitrogens with two attached hydrogens (primary N) is 1. The van der Waals surface area contributed by atoms with Gasteiger partial charge in [0.1, 0.15) is 0 Å². The quantitative estimate of drug-likeness (QED) is 0.802. The molecule has 1 atom stereocenters. The number of nitrogens with zero attached hydrogens (tertiary/aromatic N) is 1. The summed E-state index contributed by atoms with van der Waals surface area (Å²) >= 11 is 0. The third-order valence-corrected chi connectivity index (χ3v) is 4.25. The van der Waals surface area contributed by atoms with Gasteiger partial charge < -0.3 is 15.7 Å². The Morgan fingerprint density at radius 3 is 2.74 bits per heavy atom. The van der Waals surface area contributed by atoms with Crippen molar-refractivity contribution in [3.8, 4) is 0 Å². The van der Waals surface area contributed by atoms with Crippen molar-refractivity contribution in [3.63, 3.8) is 0 Å². The van der Waals surface area contributed by atoms with Crippen LogP contribution in [0, 0.1) is 0 Å². The second-order valence-electron chi connectivity index (χ2n) is 5.75. The molecule has 1 unspecified atom stereocenters. The van der Waals surface area contributed by atoms with Crippen LogP contribution in [0.4, 0.5) is 5.69 Å². The van der Waals surface area contributed by atoms with E-state index in [1.807, 2.05) is 24.3 Å². The number of hydrogen-bond donors (Lipinski definition) is 2. The Bertz CT molecular complexity index is 388. The first kappa shape index (κ1) is 14.4. The third kappa shape index (κ3) is 4.22. The number of aliphatic hydroxyl groups is 1. The fourth-order valence-corrected chi connectivity index (χ4v) is 2.96. The van der Waals surface area contributed by atoms with Crippen molar-refractivity contribution in [2.24, 2.45) is 0 Å². The van der Waals surface area contributed by atoms with Gasteiger partial charge in [0.15, 0.2) is 0 Å². The largest absolute Gasteiger partial charge is 0.399 e. The minimum Gasteiger partial charge on any atom is -0.399 e. The standard InChI is InChI=1S/C16H26N2O/c1-18(15-8-3-2-4-9-15)11-10-16(19)13-6-5-7-14(17)12-13/h5-7,12,15-16,19H,2-4,8-11,17H2,1H3. The molecule has 0 saturated heterocycles. The van der Waals surface area contributed by atoms with E-state index in [2.05, 4.69) is 11.9 Å². The first-order chi connectivity index (χ1) is 9.16. The molecule has 3 heteroatoms. The lowest BCUT2D eigenvalue weighted by Gasteiger charge is -2.31. The highest BCUT2D eigenvalue weighted by Crippen LogP contribution is 2.24. The average Bonchev–Trinajstić information content (AvgIpc) is 2.45. The molecule has 0 radical (unpaired) electrons. The number of nitrogen functional groups attached to an aromatic ring is 1. The average molecular weight is 262 g/mol. The highest BCUT2D eigenvalue weighted by atomic mass is 16.3. The first-order valence-electron chi connectivity index (χ1n) is 7.40. The Kier molecular flexibility index (Phi) is 5.23.